The Kier molecular flexibility index (Phi) is 6.01. The van der Waals surface area contributed by atoms with E-state index in [1.165, 1.54) is 12.1 Å². The van der Waals surface area contributed by atoms with Crippen LogP contribution in [0.3, 0.4) is 0 Å². The van der Waals surface area contributed by atoms with Gasteiger partial charge < -0.3 is 15.5 Å². The molecule has 0 radical (unpaired) electrons. The summed E-state index contributed by atoms with van der Waals surface area (Å²) in [6.45, 7) is 3.28. The molecule has 6 nitrogen and oxygen atoms in total. The van der Waals surface area contributed by atoms with E-state index in [9.17, 15) is 4.39 Å². The number of aromatic nitrogens is 2. The average molecular weight is 371 g/mol. The van der Waals surface area contributed by atoms with Crippen molar-refractivity contribution in [2.45, 2.75) is 31.6 Å². The van der Waals surface area contributed by atoms with Crippen molar-refractivity contribution < 1.29 is 9.23 Å². The minimum atomic E-state index is -0.232. The summed E-state index contributed by atoms with van der Waals surface area (Å²) in [5, 5.41) is 4.17. The summed E-state index contributed by atoms with van der Waals surface area (Å²) >= 11 is 0. The summed E-state index contributed by atoms with van der Waals surface area (Å²) in [5.74, 6) is 0.294. The Morgan fingerprint density at radius 1 is 1.30 bits per heavy atom. The lowest BCUT2D eigenvalue weighted by molar-refractivity contribution is 0.126. The van der Waals surface area contributed by atoms with E-state index >= 15 is 0 Å². The maximum Gasteiger partial charge on any atom is 0.220 e. The number of halogens is 1. The summed E-state index contributed by atoms with van der Waals surface area (Å²) in [6.07, 6.45) is 3.42. The minimum Gasteiger partial charge on any atom is -0.395 e. The Labute approximate surface area is 159 Å². The van der Waals surface area contributed by atoms with Gasteiger partial charge in [0.05, 0.1) is 11.9 Å². The largest absolute Gasteiger partial charge is 0.395 e. The fourth-order valence-corrected chi connectivity index (χ4v) is 3.56. The molecule has 1 aliphatic rings. The average Bonchev–Trinajstić information content (AvgIpc) is 2.60. The lowest BCUT2D eigenvalue weighted by Crippen LogP contribution is -2.23. The second-order valence-corrected chi connectivity index (χ2v) is 7.21. The molecule has 0 saturated carbocycles. The third-order valence-electron chi connectivity index (χ3n) is 4.87. The number of hydrogen-bond acceptors (Lipinski definition) is 6. The van der Waals surface area contributed by atoms with Crippen molar-refractivity contribution in [1.82, 2.24) is 14.9 Å². The summed E-state index contributed by atoms with van der Waals surface area (Å²) in [4.78, 5) is 16.2. The third kappa shape index (κ3) is 4.80. The molecule has 0 spiro atoms. The van der Waals surface area contributed by atoms with E-state index in [-0.39, 0.29) is 23.6 Å². The standard InChI is InChI=1S/C20H26FN5O/c1-13-19-16(12-23-27-9-8-26(2)3)10-15(11-18(19)25-20(22)24-13)14-4-6-17(21)7-5-14/h4-7,12,15-16H,8-11H2,1-3H3,(H2,22,24,25). The van der Waals surface area contributed by atoms with Gasteiger partial charge >= 0.3 is 0 Å². The zero-order valence-corrected chi connectivity index (χ0v) is 16.0. The highest BCUT2D eigenvalue weighted by Gasteiger charge is 2.30. The number of oxime groups is 1. The summed E-state index contributed by atoms with van der Waals surface area (Å²) in [5.41, 5.74) is 9.83. The van der Waals surface area contributed by atoms with E-state index in [0.717, 1.165) is 41.9 Å². The van der Waals surface area contributed by atoms with E-state index < -0.39 is 0 Å². The van der Waals surface area contributed by atoms with Gasteiger partial charge in [0.2, 0.25) is 5.95 Å². The first-order valence-corrected chi connectivity index (χ1v) is 9.12. The van der Waals surface area contributed by atoms with Crippen molar-refractivity contribution in [3.05, 3.63) is 52.6 Å². The smallest absolute Gasteiger partial charge is 0.220 e. The maximum absolute atomic E-state index is 13.3. The quantitative estimate of drug-likeness (QED) is 0.480. The Bertz CT molecular complexity index is 807. The highest BCUT2D eigenvalue weighted by atomic mass is 19.1. The van der Waals surface area contributed by atoms with Gasteiger partial charge in [-0.25, -0.2) is 14.4 Å². The van der Waals surface area contributed by atoms with Crippen molar-refractivity contribution in [2.75, 3.05) is 33.0 Å². The van der Waals surface area contributed by atoms with Gasteiger partial charge in [-0.3, -0.25) is 0 Å². The Hall–Kier alpha value is -2.54. The number of benzene rings is 1. The van der Waals surface area contributed by atoms with Gasteiger partial charge in [-0.05, 0) is 57.5 Å². The van der Waals surface area contributed by atoms with E-state index in [1.807, 2.05) is 44.3 Å². The molecule has 3 rings (SSSR count). The van der Waals surface area contributed by atoms with Gasteiger partial charge in [0.25, 0.3) is 0 Å². The van der Waals surface area contributed by atoms with E-state index in [4.69, 9.17) is 10.6 Å². The third-order valence-corrected chi connectivity index (χ3v) is 4.87. The molecule has 1 aliphatic carbocycles. The molecule has 0 saturated heterocycles. The van der Waals surface area contributed by atoms with Crippen LogP contribution in [0.1, 0.15) is 40.8 Å². The van der Waals surface area contributed by atoms with Crippen LogP contribution in [0.4, 0.5) is 10.3 Å². The van der Waals surface area contributed by atoms with E-state index in [0.29, 0.717) is 6.61 Å². The fraction of sp³-hybridized carbons (Fsp3) is 0.450. The van der Waals surface area contributed by atoms with Crippen LogP contribution in [0, 0.1) is 12.7 Å². The molecule has 0 fully saturated rings. The minimum absolute atomic E-state index is 0.0313. The molecule has 1 aromatic carbocycles. The highest BCUT2D eigenvalue weighted by molar-refractivity contribution is 5.69. The van der Waals surface area contributed by atoms with Gasteiger partial charge in [0, 0.05) is 23.7 Å². The highest BCUT2D eigenvalue weighted by Crippen LogP contribution is 2.39. The van der Waals surface area contributed by atoms with Crippen LogP contribution in [0.2, 0.25) is 0 Å². The van der Waals surface area contributed by atoms with E-state index in [1.54, 1.807) is 0 Å². The first-order chi connectivity index (χ1) is 12.9. The second kappa shape index (κ2) is 8.43. The van der Waals surface area contributed by atoms with E-state index in [2.05, 4.69) is 15.1 Å². The van der Waals surface area contributed by atoms with Gasteiger partial charge in [-0.15, -0.1) is 0 Å². The number of aryl methyl sites for hydroxylation is 1. The maximum atomic E-state index is 13.3. The lowest BCUT2D eigenvalue weighted by atomic mass is 9.76. The predicted octanol–water partition coefficient (Wildman–Crippen LogP) is 2.88. The van der Waals surface area contributed by atoms with Crippen molar-refractivity contribution in [3.63, 3.8) is 0 Å². The van der Waals surface area contributed by atoms with Crippen LogP contribution in [0.5, 0.6) is 0 Å². The molecular formula is C20H26FN5O. The van der Waals surface area contributed by atoms with Gasteiger partial charge in [0.15, 0.2) is 0 Å². The predicted molar refractivity (Wildman–Crippen MR) is 104 cm³/mol. The molecule has 2 atom stereocenters. The number of nitrogens with zero attached hydrogens (tertiary/aromatic N) is 4. The summed E-state index contributed by atoms with van der Waals surface area (Å²) in [7, 11) is 3.98. The molecule has 144 valence electrons. The number of likely N-dealkylation sites (N-methyl/N-ethyl adjacent to an activating group) is 1. The van der Waals surface area contributed by atoms with Crippen LogP contribution >= 0.6 is 0 Å². The molecule has 1 aromatic heterocycles. The molecule has 27 heavy (non-hydrogen) atoms. The molecule has 7 heteroatoms. The van der Waals surface area contributed by atoms with Crippen molar-refractivity contribution in [2.24, 2.45) is 5.16 Å². The van der Waals surface area contributed by atoms with Crippen molar-refractivity contribution in [3.8, 4) is 0 Å². The van der Waals surface area contributed by atoms with Gasteiger partial charge in [0.1, 0.15) is 12.4 Å². The molecule has 0 amide bonds. The van der Waals surface area contributed by atoms with Crippen LogP contribution in [0.25, 0.3) is 0 Å². The SMILES string of the molecule is Cc1nc(N)nc2c1C(C=NOCCN(C)C)CC(c1ccc(F)cc1)C2. The van der Waals surface area contributed by atoms with Crippen molar-refractivity contribution >= 4 is 12.2 Å². The summed E-state index contributed by atoms with van der Waals surface area (Å²) < 4.78 is 13.3. The first kappa shape index (κ1) is 19.2. The molecule has 2 N–H and O–H groups in total. The van der Waals surface area contributed by atoms with Gasteiger partial charge in [-0.2, -0.15) is 0 Å². The number of anilines is 1. The number of fused-ring (bicyclic) bond motifs is 1. The Morgan fingerprint density at radius 2 is 2.04 bits per heavy atom. The topological polar surface area (TPSA) is 76.6 Å². The van der Waals surface area contributed by atoms with Crippen molar-refractivity contribution in [1.29, 1.82) is 0 Å². The fourth-order valence-electron chi connectivity index (χ4n) is 3.56. The number of nitrogens with two attached hydrogens (primary N) is 1. The molecule has 0 bridgehead atoms. The molecule has 2 unspecified atom stereocenters. The number of nitrogen functional groups attached to an aromatic ring is 1. The molecule has 2 aromatic rings. The normalized spacial score (nSPS) is 19.4. The summed E-state index contributed by atoms with van der Waals surface area (Å²) in [6, 6.07) is 6.67. The zero-order valence-electron chi connectivity index (χ0n) is 16.0. The Balaban J connectivity index is 1.84. The van der Waals surface area contributed by atoms with Crippen LogP contribution in [-0.4, -0.2) is 48.3 Å². The van der Waals surface area contributed by atoms with Crippen LogP contribution in [-0.2, 0) is 11.3 Å². The first-order valence-electron chi connectivity index (χ1n) is 9.12. The molecular weight excluding hydrogens is 345 g/mol. The molecule has 1 heterocycles. The second-order valence-electron chi connectivity index (χ2n) is 7.21. The monoisotopic (exact) mass is 371 g/mol. The van der Waals surface area contributed by atoms with Crippen LogP contribution in [0.15, 0.2) is 29.4 Å². The zero-order chi connectivity index (χ0) is 19.4. The number of rotatable bonds is 6. The lowest BCUT2D eigenvalue weighted by Gasteiger charge is -2.30. The van der Waals surface area contributed by atoms with Gasteiger partial charge in [-0.1, -0.05) is 17.3 Å². The van der Waals surface area contributed by atoms with Crippen LogP contribution < -0.4 is 5.73 Å². The molecule has 0 aliphatic heterocycles. The Morgan fingerprint density at radius 3 is 2.74 bits per heavy atom. The number of hydrogen-bond donors (Lipinski definition) is 1.